The number of rotatable bonds is 3. The second kappa shape index (κ2) is 6.27. The van der Waals surface area contributed by atoms with Crippen molar-refractivity contribution in [1.82, 2.24) is 10.4 Å². The van der Waals surface area contributed by atoms with Crippen LogP contribution in [-0.4, -0.2) is 34.9 Å². The Labute approximate surface area is 107 Å². The Morgan fingerprint density at radius 1 is 1.56 bits per heavy atom. The van der Waals surface area contributed by atoms with Crippen LogP contribution in [0.3, 0.4) is 0 Å². The summed E-state index contributed by atoms with van der Waals surface area (Å²) < 4.78 is 0. The number of amides is 2. The molecule has 90 valence electrons. The van der Waals surface area contributed by atoms with Crippen molar-refractivity contribution in [2.24, 2.45) is 0 Å². The van der Waals surface area contributed by atoms with Crippen molar-refractivity contribution in [3.05, 3.63) is 9.93 Å². The fraction of sp³-hybridized carbons (Fsp3) is 0.500. The van der Waals surface area contributed by atoms with Crippen molar-refractivity contribution in [2.75, 3.05) is 18.0 Å². The lowest BCUT2D eigenvalue weighted by Gasteiger charge is -2.14. The van der Waals surface area contributed by atoms with E-state index in [-0.39, 0.29) is 5.88 Å². The summed E-state index contributed by atoms with van der Waals surface area (Å²) in [5.41, 5.74) is 2.53. The maximum Gasteiger partial charge on any atom is 0.440 e. The van der Waals surface area contributed by atoms with Crippen LogP contribution in [0.2, 0.25) is 0 Å². The second-order valence-electron chi connectivity index (χ2n) is 2.85. The standard InChI is InChI=1S/C8H11ClN2O3S2/c1-5-7(16-4-15-5)10-14-8(13)11(2)6(12)3-9/h10H,3-4H2,1-2H3. The first-order valence-corrected chi connectivity index (χ1v) is 6.82. The van der Waals surface area contributed by atoms with Crippen molar-refractivity contribution < 1.29 is 14.4 Å². The monoisotopic (exact) mass is 282 g/mol. The van der Waals surface area contributed by atoms with Crippen molar-refractivity contribution in [3.63, 3.8) is 0 Å². The van der Waals surface area contributed by atoms with E-state index in [9.17, 15) is 9.59 Å². The fourth-order valence-electron chi connectivity index (χ4n) is 0.795. The van der Waals surface area contributed by atoms with E-state index >= 15 is 0 Å². The van der Waals surface area contributed by atoms with Gasteiger partial charge in [-0.25, -0.2) is 15.2 Å². The van der Waals surface area contributed by atoms with Crippen LogP contribution in [0, 0.1) is 0 Å². The van der Waals surface area contributed by atoms with Crippen LogP contribution in [0.25, 0.3) is 0 Å². The third kappa shape index (κ3) is 3.50. The minimum atomic E-state index is -0.775. The Kier molecular flexibility index (Phi) is 5.30. The minimum absolute atomic E-state index is 0.252. The predicted octanol–water partition coefficient (Wildman–Crippen LogP) is 1.95. The molecule has 0 saturated carbocycles. The lowest BCUT2D eigenvalue weighted by Crippen LogP contribution is -2.37. The van der Waals surface area contributed by atoms with Gasteiger partial charge in [0, 0.05) is 17.0 Å². The summed E-state index contributed by atoms with van der Waals surface area (Å²) in [6.45, 7) is 1.93. The van der Waals surface area contributed by atoms with E-state index in [0.717, 1.165) is 19.9 Å². The first-order valence-electron chi connectivity index (χ1n) is 4.32. The van der Waals surface area contributed by atoms with Gasteiger partial charge in [0.15, 0.2) is 0 Å². The third-order valence-corrected chi connectivity index (χ3v) is 4.41. The van der Waals surface area contributed by atoms with Crippen LogP contribution in [0.1, 0.15) is 6.92 Å². The van der Waals surface area contributed by atoms with E-state index in [1.54, 1.807) is 23.5 Å². The van der Waals surface area contributed by atoms with Gasteiger partial charge in [-0.1, -0.05) is 11.8 Å². The molecule has 8 heteroatoms. The summed E-state index contributed by atoms with van der Waals surface area (Å²) in [7, 11) is 1.31. The Morgan fingerprint density at radius 3 is 2.75 bits per heavy atom. The van der Waals surface area contributed by atoms with Crippen LogP contribution < -0.4 is 5.48 Å². The number of imide groups is 1. The first-order chi connectivity index (χ1) is 7.56. The first kappa shape index (κ1) is 13.5. The van der Waals surface area contributed by atoms with Gasteiger partial charge in [0.1, 0.15) is 10.9 Å². The van der Waals surface area contributed by atoms with Gasteiger partial charge in [0.25, 0.3) is 0 Å². The molecule has 1 aliphatic rings. The van der Waals surface area contributed by atoms with Gasteiger partial charge in [-0.2, -0.15) is 0 Å². The summed E-state index contributed by atoms with van der Waals surface area (Å²) in [5, 5.41) is 1.69. The highest BCUT2D eigenvalue weighted by Crippen LogP contribution is 2.36. The molecular weight excluding hydrogens is 272 g/mol. The number of hydrogen-bond donors (Lipinski definition) is 1. The molecule has 1 N–H and O–H groups in total. The highest BCUT2D eigenvalue weighted by molar-refractivity contribution is 8.22. The Bertz CT molecular complexity index is 335. The zero-order valence-electron chi connectivity index (χ0n) is 8.78. The van der Waals surface area contributed by atoms with Crippen molar-refractivity contribution in [2.45, 2.75) is 6.92 Å². The van der Waals surface area contributed by atoms with Crippen molar-refractivity contribution in [1.29, 1.82) is 0 Å². The smallest absolute Gasteiger partial charge is 0.323 e. The lowest BCUT2D eigenvalue weighted by molar-refractivity contribution is -0.126. The topological polar surface area (TPSA) is 58.6 Å². The Balaban J connectivity index is 2.41. The summed E-state index contributed by atoms with van der Waals surface area (Å²) in [5.74, 6) is -0.759. The number of hydroxylamine groups is 1. The molecule has 1 aliphatic heterocycles. The van der Waals surface area contributed by atoms with Gasteiger partial charge in [-0.3, -0.25) is 4.79 Å². The molecule has 0 aromatic rings. The normalized spacial score (nSPS) is 14.9. The maximum atomic E-state index is 11.3. The summed E-state index contributed by atoms with van der Waals surface area (Å²) in [6, 6.07) is 0. The molecule has 1 rings (SSSR count). The van der Waals surface area contributed by atoms with Crippen LogP contribution in [0.5, 0.6) is 0 Å². The summed E-state index contributed by atoms with van der Waals surface area (Å²) in [6.07, 6.45) is -0.775. The molecular formula is C8H11ClN2O3S2. The number of thioether (sulfide) groups is 2. The average molecular weight is 283 g/mol. The highest BCUT2D eigenvalue weighted by atomic mass is 35.5. The number of hydrogen-bond acceptors (Lipinski definition) is 6. The highest BCUT2D eigenvalue weighted by Gasteiger charge is 2.19. The van der Waals surface area contributed by atoms with Gasteiger partial charge < -0.3 is 4.84 Å². The number of carbonyl (C=O) groups is 2. The number of allylic oxidation sites excluding steroid dienone is 1. The summed E-state index contributed by atoms with van der Waals surface area (Å²) in [4.78, 5) is 29.0. The zero-order chi connectivity index (χ0) is 12.1. The molecule has 0 radical (unpaired) electrons. The van der Waals surface area contributed by atoms with E-state index in [1.165, 1.54) is 7.05 Å². The lowest BCUT2D eigenvalue weighted by atomic mass is 10.6. The molecule has 16 heavy (non-hydrogen) atoms. The number of alkyl halides is 1. The third-order valence-electron chi connectivity index (χ3n) is 1.79. The van der Waals surface area contributed by atoms with Crippen LogP contribution >= 0.6 is 35.1 Å². The van der Waals surface area contributed by atoms with E-state index < -0.39 is 12.0 Å². The zero-order valence-corrected chi connectivity index (χ0v) is 11.2. The van der Waals surface area contributed by atoms with Gasteiger partial charge in [0.2, 0.25) is 5.91 Å². The number of nitrogens with zero attached hydrogens (tertiary/aromatic N) is 1. The van der Waals surface area contributed by atoms with Crippen LogP contribution in [-0.2, 0) is 9.63 Å². The Morgan fingerprint density at radius 2 is 2.25 bits per heavy atom. The van der Waals surface area contributed by atoms with E-state index in [0.29, 0.717) is 0 Å². The molecule has 0 saturated heterocycles. The minimum Gasteiger partial charge on any atom is -0.323 e. The van der Waals surface area contributed by atoms with Gasteiger partial charge in [-0.15, -0.1) is 23.4 Å². The average Bonchev–Trinajstić information content (AvgIpc) is 2.69. The number of halogens is 1. The molecule has 0 fully saturated rings. The molecule has 5 nitrogen and oxygen atoms in total. The second-order valence-corrected chi connectivity index (χ2v) is 5.66. The van der Waals surface area contributed by atoms with E-state index in [1.807, 2.05) is 6.92 Å². The van der Waals surface area contributed by atoms with Crippen LogP contribution in [0.15, 0.2) is 9.93 Å². The molecule has 0 aliphatic carbocycles. The van der Waals surface area contributed by atoms with E-state index in [2.05, 4.69) is 5.48 Å². The predicted molar refractivity (Wildman–Crippen MR) is 65.9 cm³/mol. The molecule has 0 aromatic carbocycles. The van der Waals surface area contributed by atoms with Gasteiger partial charge in [-0.05, 0) is 6.92 Å². The van der Waals surface area contributed by atoms with Crippen molar-refractivity contribution in [3.8, 4) is 0 Å². The SMILES string of the molecule is CC1=C(NOC(=O)N(C)C(=O)CCl)SCS1. The number of carbonyl (C=O) groups excluding carboxylic acids is 2. The largest absolute Gasteiger partial charge is 0.440 e. The van der Waals surface area contributed by atoms with Gasteiger partial charge in [0.05, 0.1) is 0 Å². The van der Waals surface area contributed by atoms with E-state index in [4.69, 9.17) is 16.4 Å². The molecule has 0 spiro atoms. The number of nitrogens with one attached hydrogen (secondary N) is 1. The van der Waals surface area contributed by atoms with Crippen molar-refractivity contribution >= 4 is 47.1 Å². The molecule has 0 aromatic heterocycles. The fourth-order valence-corrected chi connectivity index (χ4v) is 3.22. The maximum absolute atomic E-state index is 11.3. The van der Waals surface area contributed by atoms with Crippen LogP contribution in [0.4, 0.5) is 4.79 Å². The molecule has 0 atom stereocenters. The quantitative estimate of drug-likeness (QED) is 0.631. The van der Waals surface area contributed by atoms with Gasteiger partial charge >= 0.3 is 6.09 Å². The molecule has 1 heterocycles. The Hall–Kier alpha value is -0.530. The molecule has 0 unspecified atom stereocenters. The summed E-state index contributed by atoms with van der Waals surface area (Å²) >= 11 is 8.51. The molecule has 0 bridgehead atoms. The molecule has 2 amide bonds.